The summed E-state index contributed by atoms with van der Waals surface area (Å²) in [6, 6.07) is 14.9. The van der Waals surface area contributed by atoms with Crippen LogP contribution in [0.1, 0.15) is 18.5 Å². The average molecular weight is 356 g/mol. The lowest BCUT2D eigenvalue weighted by Gasteiger charge is -2.15. The molecule has 0 aliphatic heterocycles. The first kappa shape index (κ1) is 17.0. The minimum Gasteiger partial charge on any atom is -0.482 e. The second-order valence-electron chi connectivity index (χ2n) is 5.57. The van der Waals surface area contributed by atoms with Gasteiger partial charge in [-0.3, -0.25) is 4.79 Å². The predicted octanol–water partition coefficient (Wildman–Crippen LogP) is 3.78. The van der Waals surface area contributed by atoms with Crippen LogP contribution in [-0.2, 0) is 4.79 Å². The Morgan fingerprint density at radius 3 is 2.68 bits per heavy atom. The van der Waals surface area contributed by atoms with E-state index in [1.54, 1.807) is 24.7 Å². The summed E-state index contributed by atoms with van der Waals surface area (Å²) in [7, 11) is 0. The fourth-order valence-electron chi connectivity index (χ4n) is 2.42. The highest BCUT2D eigenvalue weighted by Crippen LogP contribution is 2.23. The zero-order valence-electron chi connectivity index (χ0n) is 13.7. The molecule has 1 atom stereocenters. The predicted molar refractivity (Wildman–Crippen MR) is 97.1 cm³/mol. The molecule has 128 valence electrons. The molecule has 1 N–H and O–H groups in total. The number of hydrogen-bond acceptors (Lipinski definition) is 3. The average Bonchev–Trinajstić information content (AvgIpc) is 3.16. The first-order valence-corrected chi connectivity index (χ1v) is 8.26. The summed E-state index contributed by atoms with van der Waals surface area (Å²) < 4.78 is 7.37. The van der Waals surface area contributed by atoms with Gasteiger partial charge in [0, 0.05) is 18.1 Å². The Morgan fingerprint density at radius 1 is 1.24 bits per heavy atom. The van der Waals surface area contributed by atoms with E-state index in [1.807, 2.05) is 54.1 Å². The maximum Gasteiger partial charge on any atom is 0.258 e. The van der Waals surface area contributed by atoms with Crippen LogP contribution in [0.4, 0.5) is 0 Å². The van der Waals surface area contributed by atoms with Crippen molar-refractivity contribution < 1.29 is 9.53 Å². The molecular weight excluding hydrogens is 338 g/mol. The number of carbonyl (C=O) groups excluding carboxylic acids is 1. The van der Waals surface area contributed by atoms with Crippen molar-refractivity contribution in [2.75, 3.05) is 6.61 Å². The number of halogens is 1. The van der Waals surface area contributed by atoms with Gasteiger partial charge in [0.1, 0.15) is 5.75 Å². The Morgan fingerprint density at radius 2 is 2.00 bits per heavy atom. The molecular formula is C19H18ClN3O2. The standard InChI is InChI=1S/C19H18ClN3O2/c1-14(15-6-8-16(9-7-15)23-11-10-21-13-23)22-19(24)12-25-18-5-3-2-4-17(18)20/h2-11,13-14H,12H2,1H3,(H,22,24). The van der Waals surface area contributed by atoms with Crippen molar-refractivity contribution >= 4 is 17.5 Å². The quantitative estimate of drug-likeness (QED) is 0.732. The Kier molecular flexibility index (Phi) is 5.36. The lowest BCUT2D eigenvalue weighted by molar-refractivity contribution is -0.123. The summed E-state index contributed by atoms with van der Waals surface area (Å²) in [6.07, 6.45) is 5.36. The molecule has 2 aromatic carbocycles. The van der Waals surface area contributed by atoms with E-state index in [0.29, 0.717) is 10.8 Å². The molecule has 0 spiro atoms. The molecule has 3 rings (SSSR count). The van der Waals surface area contributed by atoms with Gasteiger partial charge in [0.2, 0.25) is 0 Å². The van der Waals surface area contributed by atoms with E-state index in [-0.39, 0.29) is 18.6 Å². The molecule has 3 aromatic rings. The molecule has 0 fully saturated rings. The van der Waals surface area contributed by atoms with Gasteiger partial charge in [-0.25, -0.2) is 4.98 Å². The monoisotopic (exact) mass is 355 g/mol. The summed E-state index contributed by atoms with van der Waals surface area (Å²) in [5, 5.41) is 3.40. The van der Waals surface area contributed by atoms with E-state index in [4.69, 9.17) is 16.3 Å². The normalized spacial score (nSPS) is 11.8. The number of benzene rings is 2. The van der Waals surface area contributed by atoms with Gasteiger partial charge in [0.25, 0.3) is 5.91 Å². The SMILES string of the molecule is CC(NC(=O)COc1ccccc1Cl)c1ccc(-n2ccnc2)cc1. The number of para-hydroxylation sites is 1. The lowest BCUT2D eigenvalue weighted by Crippen LogP contribution is -2.31. The summed E-state index contributed by atoms with van der Waals surface area (Å²) in [6.45, 7) is 1.85. The molecule has 0 bridgehead atoms. The third kappa shape index (κ3) is 4.39. The third-order valence-corrected chi connectivity index (χ3v) is 4.08. The summed E-state index contributed by atoms with van der Waals surface area (Å²) in [5.74, 6) is 0.294. The Labute approximate surface area is 151 Å². The van der Waals surface area contributed by atoms with Gasteiger partial charge in [0.15, 0.2) is 6.61 Å². The highest BCUT2D eigenvalue weighted by Gasteiger charge is 2.11. The van der Waals surface area contributed by atoms with Gasteiger partial charge in [0.05, 0.1) is 17.4 Å². The van der Waals surface area contributed by atoms with E-state index in [9.17, 15) is 4.79 Å². The van der Waals surface area contributed by atoms with Crippen LogP contribution in [0.15, 0.2) is 67.3 Å². The van der Waals surface area contributed by atoms with E-state index in [0.717, 1.165) is 11.3 Å². The Balaban J connectivity index is 1.55. The molecule has 0 aliphatic rings. The fourth-order valence-corrected chi connectivity index (χ4v) is 2.61. The Bertz CT molecular complexity index is 832. The maximum atomic E-state index is 12.1. The van der Waals surface area contributed by atoms with E-state index < -0.39 is 0 Å². The van der Waals surface area contributed by atoms with Gasteiger partial charge < -0.3 is 14.6 Å². The van der Waals surface area contributed by atoms with Gasteiger partial charge in [-0.15, -0.1) is 0 Å². The van der Waals surface area contributed by atoms with Gasteiger partial charge >= 0.3 is 0 Å². The highest BCUT2D eigenvalue weighted by molar-refractivity contribution is 6.32. The second kappa shape index (κ2) is 7.85. The van der Waals surface area contributed by atoms with Crippen molar-refractivity contribution in [1.29, 1.82) is 0 Å². The molecule has 25 heavy (non-hydrogen) atoms. The van der Waals surface area contributed by atoms with Crippen molar-refractivity contribution in [3.63, 3.8) is 0 Å². The number of aromatic nitrogens is 2. The third-order valence-electron chi connectivity index (χ3n) is 3.77. The van der Waals surface area contributed by atoms with Crippen LogP contribution in [0, 0.1) is 0 Å². The molecule has 0 saturated heterocycles. The minimum absolute atomic E-state index is 0.0821. The number of imidazole rings is 1. The molecule has 1 unspecified atom stereocenters. The minimum atomic E-state index is -0.203. The topological polar surface area (TPSA) is 56.1 Å². The first-order valence-electron chi connectivity index (χ1n) is 7.88. The van der Waals surface area contributed by atoms with Crippen LogP contribution < -0.4 is 10.1 Å². The first-order chi connectivity index (χ1) is 12.1. The van der Waals surface area contributed by atoms with Crippen molar-refractivity contribution in [2.24, 2.45) is 0 Å². The molecule has 1 aromatic heterocycles. The molecule has 1 amide bonds. The number of nitrogens with one attached hydrogen (secondary N) is 1. The van der Waals surface area contributed by atoms with Crippen molar-refractivity contribution in [2.45, 2.75) is 13.0 Å². The van der Waals surface area contributed by atoms with E-state index in [1.165, 1.54) is 0 Å². The number of ether oxygens (including phenoxy) is 1. The smallest absolute Gasteiger partial charge is 0.258 e. The van der Waals surface area contributed by atoms with Crippen LogP contribution in [0.3, 0.4) is 0 Å². The summed E-state index contributed by atoms with van der Waals surface area (Å²) in [4.78, 5) is 16.1. The lowest BCUT2D eigenvalue weighted by atomic mass is 10.1. The number of rotatable bonds is 6. The highest BCUT2D eigenvalue weighted by atomic mass is 35.5. The fraction of sp³-hybridized carbons (Fsp3) is 0.158. The molecule has 6 heteroatoms. The van der Waals surface area contributed by atoms with Gasteiger partial charge in [-0.2, -0.15) is 0 Å². The van der Waals surface area contributed by atoms with Crippen molar-refractivity contribution in [3.8, 4) is 11.4 Å². The summed E-state index contributed by atoms with van der Waals surface area (Å²) in [5.41, 5.74) is 2.02. The number of nitrogens with zero attached hydrogens (tertiary/aromatic N) is 2. The zero-order valence-corrected chi connectivity index (χ0v) is 14.5. The van der Waals surface area contributed by atoms with Crippen LogP contribution in [0.2, 0.25) is 5.02 Å². The van der Waals surface area contributed by atoms with Gasteiger partial charge in [-0.1, -0.05) is 35.9 Å². The van der Waals surface area contributed by atoms with Crippen molar-refractivity contribution in [3.05, 3.63) is 77.8 Å². The molecule has 0 aliphatic carbocycles. The molecule has 0 saturated carbocycles. The van der Waals surface area contributed by atoms with Crippen molar-refractivity contribution in [1.82, 2.24) is 14.9 Å². The molecule has 1 heterocycles. The second-order valence-corrected chi connectivity index (χ2v) is 5.98. The zero-order chi connectivity index (χ0) is 17.6. The number of hydrogen-bond donors (Lipinski definition) is 1. The van der Waals surface area contributed by atoms with Gasteiger partial charge in [-0.05, 0) is 36.8 Å². The van der Waals surface area contributed by atoms with Crippen LogP contribution in [-0.4, -0.2) is 22.1 Å². The largest absolute Gasteiger partial charge is 0.482 e. The molecule has 0 radical (unpaired) electrons. The number of amides is 1. The summed E-state index contributed by atoms with van der Waals surface area (Å²) >= 11 is 6.00. The van der Waals surface area contributed by atoms with Crippen LogP contribution in [0.25, 0.3) is 5.69 Å². The molecule has 5 nitrogen and oxygen atoms in total. The number of carbonyl (C=O) groups is 1. The van der Waals surface area contributed by atoms with E-state index in [2.05, 4.69) is 10.3 Å². The maximum absolute atomic E-state index is 12.1. The Hall–Kier alpha value is -2.79. The van der Waals surface area contributed by atoms with Crippen LogP contribution >= 0.6 is 11.6 Å². The van der Waals surface area contributed by atoms with Crippen LogP contribution in [0.5, 0.6) is 5.75 Å². The van der Waals surface area contributed by atoms with E-state index >= 15 is 0 Å².